The van der Waals surface area contributed by atoms with Gasteiger partial charge in [0.1, 0.15) is 0 Å². The van der Waals surface area contributed by atoms with Gasteiger partial charge >= 0.3 is 0 Å². The van der Waals surface area contributed by atoms with Crippen LogP contribution < -0.4 is 0 Å². The Kier molecular flexibility index (Phi) is 4.83. The summed E-state index contributed by atoms with van der Waals surface area (Å²) in [6, 6.07) is 6.87. The molecule has 0 aliphatic carbocycles. The summed E-state index contributed by atoms with van der Waals surface area (Å²) in [6.45, 7) is 20.6. The van der Waals surface area contributed by atoms with E-state index in [1.54, 1.807) is 0 Å². The minimum Gasteiger partial charge on any atom is -0.362 e. The average molecular weight is 443 g/mol. The molecule has 3 aliphatic rings. The van der Waals surface area contributed by atoms with Gasteiger partial charge in [-0.05, 0) is 62.1 Å². The van der Waals surface area contributed by atoms with Crippen LogP contribution in [0.3, 0.4) is 0 Å². The van der Waals surface area contributed by atoms with Crippen molar-refractivity contribution in [3.8, 4) is 0 Å². The summed E-state index contributed by atoms with van der Waals surface area (Å²) < 4.78 is 0. The first-order valence-corrected chi connectivity index (χ1v) is 12.4. The Bertz CT molecular complexity index is 1330. The smallest absolute Gasteiger partial charge is 0.0514 e. The van der Waals surface area contributed by atoms with E-state index >= 15 is 0 Å². The van der Waals surface area contributed by atoms with Crippen LogP contribution in [0.15, 0.2) is 18.2 Å². The predicted molar refractivity (Wildman–Crippen MR) is 137 cm³/mol. The van der Waals surface area contributed by atoms with E-state index in [1.807, 2.05) is 0 Å². The molecule has 33 heavy (non-hydrogen) atoms. The zero-order chi connectivity index (χ0) is 23.9. The fraction of sp³-hybridized carbons (Fsp3) is 0.517. The van der Waals surface area contributed by atoms with E-state index in [0.717, 1.165) is 18.5 Å². The van der Waals surface area contributed by atoms with Crippen molar-refractivity contribution in [2.75, 3.05) is 0 Å². The molecule has 0 saturated carbocycles. The third kappa shape index (κ3) is 3.50. The Hall–Kier alpha value is -2.62. The number of aromatic amines is 2. The molecule has 2 atom stereocenters. The Morgan fingerprint density at radius 2 is 1.42 bits per heavy atom. The van der Waals surface area contributed by atoms with E-state index in [0.29, 0.717) is 11.8 Å². The number of aromatic nitrogens is 4. The minimum absolute atomic E-state index is 0.00542. The van der Waals surface area contributed by atoms with Gasteiger partial charge in [-0.25, -0.2) is 0 Å². The summed E-state index contributed by atoms with van der Waals surface area (Å²) in [5.41, 5.74) is 13.5. The number of rotatable bonds is 0. The Balaban J connectivity index is 1.93. The molecule has 0 spiro atoms. The lowest BCUT2D eigenvalue weighted by Crippen LogP contribution is -2.18. The molecule has 174 valence electrons. The molecule has 3 aliphatic heterocycles. The third-order valence-corrected chi connectivity index (χ3v) is 8.37. The van der Waals surface area contributed by atoms with Crippen molar-refractivity contribution in [3.63, 3.8) is 0 Å². The highest BCUT2D eigenvalue weighted by Crippen LogP contribution is 2.41. The van der Waals surface area contributed by atoms with Crippen LogP contribution in [0.2, 0.25) is 0 Å². The van der Waals surface area contributed by atoms with Gasteiger partial charge in [0.15, 0.2) is 0 Å². The summed E-state index contributed by atoms with van der Waals surface area (Å²) in [6.07, 6.45) is 1.95. The predicted octanol–water partition coefficient (Wildman–Crippen LogP) is 6.91. The Morgan fingerprint density at radius 3 is 2.12 bits per heavy atom. The summed E-state index contributed by atoms with van der Waals surface area (Å²) >= 11 is 0. The molecule has 2 N–H and O–H groups in total. The molecule has 0 radical (unpaired) electrons. The number of H-pyrrole nitrogens is 2. The van der Waals surface area contributed by atoms with E-state index in [2.05, 4.69) is 90.5 Å². The van der Waals surface area contributed by atoms with Crippen molar-refractivity contribution in [2.24, 2.45) is 0 Å². The van der Waals surface area contributed by atoms with Gasteiger partial charge in [0.25, 0.3) is 0 Å². The molecule has 2 aromatic rings. The van der Waals surface area contributed by atoms with Gasteiger partial charge in [0.2, 0.25) is 0 Å². The molecule has 2 unspecified atom stereocenters. The highest BCUT2D eigenvalue weighted by molar-refractivity contribution is 5.71. The highest BCUT2D eigenvalue weighted by atomic mass is 14.8. The highest BCUT2D eigenvalue weighted by Gasteiger charge is 2.35. The van der Waals surface area contributed by atoms with Crippen LogP contribution >= 0.6 is 0 Å². The van der Waals surface area contributed by atoms with Crippen molar-refractivity contribution in [1.82, 2.24) is 19.9 Å². The van der Waals surface area contributed by atoms with Crippen LogP contribution in [-0.4, -0.2) is 19.9 Å². The monoisotopic (exact) mass is 442 g/mol. The van der Waals surface area contributed by atoms with Crippen molar-refractivity contribution in [3.05, 3.63) is 69.1 Å². The van der Waals surface area contributed by atoms with Crippen molar-refractivity contribution >= 4 is 11.0 Å². The summed E-state index contributed by atoms with van der Waals surface area (Å²) in [7, 11) is 0. The summed E-state index contributed by atoms with van der Waals surface area (Å²) in [5.74, 6) is 0.756. The van der Waals surface area contributed by atoms with Gasteiger partial charge in [-0.3, -0.25) is 9.97 Å². The number of hydrogen-bond acceptors (Lipinski definition) is 2. The maximum Gasteiger partial charge on any atom is 0.0514 e. The van der Waals surface area contributed by atoms with Crippen molar-refractivity contribution < 1.29 is 0 Å². The van der Waals surface area contributed by atoms with Gasteiger partial charge in [-0.15, -0.1) is 0 Å². The maximum absolute atomic E-state index is 5.21. The van der Waals surface area contributed by atoms with Crippen LogP contribution in [0, 0.1) is 20.8 Å². The average Bonchev–Trinajstić information content (AvgIpc) is 3.36. The quantitative estimate of drug-likeness (QED) is 0.466. The molecular formula is C29H38N4. The third-order valence-electron chi connectivity index (χ3n) is 8.37. The molecule has 0 fully saturated rings. The van der Waals surface area contributed by atoms with Gasteiger partial charge < -0.3 is 9.97 Å². The second kappa shape index (κ2) is 7.19. The Morgan fingerprint density at radius 1 is 0.758 bits per heavy atom. The van der Waals surface area contributed by atoms with Gasteiger partial charge in [0.05, 0.1) is 5.69 Å². The topological polar surface area (TPSA) is 57.4 Å². The van der Waals surface area contributed by atoms with Crippen LogP contribution in [0.5, 0.6) is 0 Å². The van der Waals surface area contributed by atoms with Crippen LogP contribution in [0.1, 0.15) is 104 Å². The van der Waals surface area contributed by atoms with E-state index in [1.165, 1.54) is 56.2 Å². The zero-order valence-corrected chi connectivity index (χ0v) is 21.7. The molecule has 5 heterocycles. The van der Waals surface area contributed by atoms with Crippen LogP contribution in [0.25, 0.3) is 11.0 Å². The standard InChI is InChI=1S/C29H38N4/c1-15-16(2)23-12-24-17(3)18(4)26(33-24)19(5)27-29(8,9)14-21(31-27)11-25-28(6,7)13-20(30-25)10-22(15)32-23/h10-12,17-18,30,32H,13-14H2,1-9H3. The van der Waals surface area contributed by atoms with Gasteiger partial charge in [0, 0.05) is 68.6 Å². The second-order valence-electron chi connectivity index (χ2n) is 11.9. The molecule has 0 aromatic carbocycles. The van der Waals surface area contributed by atoms with Gasteiger partial charge in [-0.1, -0.05) is 41.5 Å². The largest absolute Gasteiger partial charge is 0.362 e. The molecule has 4 nitrogen and oxygen atoms in total. The lowest BCUT2D eigenvalue weighted by molar-refractivity contribution is 0.531. The first-order chi connectivity index (χ1) is 15.4. The zero-order valence-electron chi connectivity index (χ0n) is 21.7. The maximum atomic E-state index is 5.21. The number of nitrogens with zero attached hydrogens (tertiary/aromatic N) is 2. The van der Waals surface area contributed by atoms with Crippen LogP contribution in [-0.2, 0) is 23.7 Å². The van der Waals surface area contributed by atoms with E-state index in [4.69, 9.17) is 9.97 Å². The molecular weight excluding hydrogens is 404 g/mol. The fourth-order valence-corrected chi connectivity index (χ4v) is 5.88. The molecule has 5 rings (SSSR count). The molecule has 0 saturated heterocycles. The SMILES string of the molecule is Cc1c2nc(cc3[nH]c(cc4[nH]c(cc5nc1C(C)(C)C5)C(C)(C)C4)c(C)c3C)C(C)C2C. The van der Waals surface area contributed by atoms with E-state index in [-0.39, 0.29) is 10.8 Å². The summed E-state index contributed by atoms with van der Waals surface area (Å²) in [4.78, 5) is 17.8. The second-order valence-corrected chi connectivity index (χ2v) is 11.9. The number of fused-ring (bicyclic) bond motifs is 8. The summed E-state index contributed by atoms with van der Waals surface area (Å²) in [5, 5.41) is 0. The first-order valence-electron chi connectivity index (χ1n) is 12.4. The first kappa shape index (κ1) is 22.2. The lowest BCUT2D eigenvalue weighted by Gasteiger charge is -2.20. The lowest BCUT2D eigenvalue weighted by atomic mass is 9.82. The molecule has 0 amide bonds. The minimum atomic E-state index is 0.00542. The van der Waals surface area contributed by atoms with E-state index in [9.17, 15) is 0 Å². The fourth-order valence-electron chi connectivity index (χ4n) is 5.88. The number of nitrogens with one attached hydrogen (secondary N) is 2. The van der Waals surface area contributed by atoms with Crippen molar-refractivity contribution in [1.29, 1.82) is 0 Å². The Labute approximate surface area is 198 Å². The van der Waals surface area contributed by atoms with Crippen molar-refractivity contribution in [2.45, 2.75) is 97.8 Å². The molecule has 4 heteroatoms. The van der Waals surface area contributed by atoms with Crippen LogP contribution in [0.4, 0.5) is 0 Å². The van der Waals surface area contributed by atoms with Gasteiger partial charge in [-0.2, -0.15) is 0 Å². The number of hydrogen-bond donors (Lipinski definition) is 2. The van der Waals surface area contributed by atoms with E-state index < -0.39 is 0 Å². The normalized spacial score (nSPS) is 22.3. The molecule has 2 aromatic heterocycles. The number of aryl methyl sites for hydroxylation is 2. The molecule has 8 bridgehead atoms.